The van der Waals surface area contributed by atoms with Gasteiger partial charge in [-0.05, 0) is 40.5 Å². The fourth-order valence-electron chi connectivity index (χ4n) is 2.81. The zero-order chi connectivity index (χ0) is 22.6. The fourth-order valence-corrected chi connectivity index (χ4v) is 2.81. The van der Waals surface area contributed by atoms with Crippen LogP contribution in [0.5, 0.6) is 0 Å². The number of carbonyl (C=O) groups is 2. The maximum absolute atomic E-state index is 11.8. The molecule has 2 rings (SSSR count). The van der Waals surface area contributed by atoms with Crippen LogP contribution in [0.25, 0.3) is 0 Å². The monoisotopic (exact) mass is 420 g/mol. The molecule has 0 radical (unpaired) electrons. The molecule has 0 fully saturated rings. The van der Waals surface area contributed by atoms with Gasteiger partial charge in [-0.1, -0.05) is 76.2 Å². The molecule has 0 atom stereocenters. The third-order valence-electron chi connectivity index (χ3n) is 4.82. The van der Waals surface area contributed by atoms with Crippen molar-refractivity contribution in [3.05, 3.63) is 70.8 Å². The Bertz CT molecular complexity index is 823. The summed E-state index contributed by atoms with van der Waals surface area (Å²) in [4.78, 5) is 23.7. The highest BCUT2D eigenvalue weighted by atomic mass is 16.2. The molecule has 0 heterocycles. The van der Waals surface area contributed by atoms with Gasteiger partial charge >= 0.3 is 0 Å². The molecule has 2 aromatic rings. The molecular formula is C25H32N4O2. The molecule has 0 aliphatic rings. The first-order valence-electron chi connectivity index (χ1n) is 10.7. The number of benzene rings is 2. The summed E-state index contributed by atoms with van der Waals surface area (Å²) < 4.78 is 0. The Labute approximate surface area is 184 Å². The standard InChI is InChI=1S/C25H32N4O2/c1-18(2)22-12-8-20(9-13-22)16-26-28-24(30)6-5-7-25(31)29-27-17-21-10-14-23(15-11-21)19(3)4/h8-19H,5-7H2,1-4H3,(H,28,30)(H,29,31)/b26-16+,27-17+. The lowest BCUT2D eigenvalue weighted by Crippen LogP contribution is -2.20. The molecule has 0 bridgehead atoms. The zero-order valence-electron chi connectivity index (χ0n) is 18.8. The van der Waals surface area contributed by atoms with Crippen molar-refractivity contribution in [3.63, 3.8) is 0 Å². The lowest BCUT2D eigenvalue weighted by molar-refractivity contribution is -0.122. The molecule has 0 aromatic heterocycles. The minimum atomic E-state index is -0.225. The number of hydrogen-bond donors (Lipinski definition) is 2. The van der Waals surface area contributed by atoms with Crippen LogP contribution in [0.2, 0.25) is 0 Å². The second-order valence-corrected chi connectivity index (χ2v) is 8.08. The Balaban J connectivity index is 1.64. The molecule has 2 N–H and O–H groups in total. The first-order valence-corrected chi connectivity index (χ1v) is 10.7. The molecule has 31 heavy (non-hydrogen) atoms. The molecule has 0 aliphatic carbocycles. The third-order valence-corrected chi connectivity index (χ3v) is 4.82. The minimum absolute atomic E-state index is 0.220. The molecule has 0 saturated carbocycles. The average Bonchev–Trinajstić information content (AvgIpc) is 2.74. The first-order chi connectivity index (χ1) is 14.8. The molecule has 0 aliphatic heterocycles. The Kier molecular flexibility index (Phi) is 9.62. The van der Waals surface area contributed by atoms with Gasteiger partial charge in [-0.25, -0.2) is 10.9 Å². The lowest BCUT2D eigenvalue weighted by atomic mass is 10.0. The fraction of sp³-hybridized carbons (Fsp3) is 0.360. The predicted molar refractivity (Wildman–Crippen MR) is 126 cm³/mol. The first kappa shape index (κ1) is 24.0. The molecule has 164 valence electrons. The SMILES string of the molecule is CC(C)c1ccc(/C=N/NC(=O)CCCC(=O)N/N=C/c2ccc(C(C)C)cc2)cc1. The zero-order valence-corrected chi connectivity index (χ0v) is 18.8. The van der Waals surface area contributed by atoms with Crippen LogP contribution >= 0.6 is 0 Å². The molecule has 0 unspecified atom stereocenters. The summed E-state index contributed by atoms with van der Waals surface area (Å²) in [6.45, 7) is 8.56. The molecule has 0 spiro atoms. The minimum Gasteiger partial charge on any atom is -0.273 e. The second-order valence-electron chi connectivity index (χ2n) is 8.08. The highest BCUT2D eigenvalue weighted by Crippen LogP contribution is 2.14. The molecule has 6 nitrogen and oxygen atoms in total. The van der Waals surface area contributed by atoms with Crippen molar-refractivity contribution < 1.29 is 9.59 Å². The van der Waals surface area contributed by atoms with Crippen LogP contribution in [-0.2, 0) is 9.59 Å². The summed E-state index contributed by atoms with van der Waals surface area (Å²) in [5.41, 5.74) is 9.33. The molecule has 2 amide bonds. The van der Waals surface area contributed by atoms with Gasteiger partial charge in [0.1, 0.15) is 0 Å². The smallest absolute Gasteiger partial charge is 0.240 e. The van der Waals surface area contributed by atoms with E-state index in [1.54, 1.807) is 12.4 Å². The van der Waals surface area contributed by atoms with Gasteiger partial charge < -0.3 is 0 Å². The number of rotatable bonds is 10. The topological polar surface area (TPSA) is 82.9 Å². The van der Waals surface area contributed by atoms with Crippen LogP contribution in [0.4, 0.5) is 0 Å². The van der Waals surface area contributed by atoms with E-state index in [9.17, 15) is 9.59 Å². The van der Waals surface area contributed by atoms with Gasteiger partial charge in [0, 0.05) is 12.8 Å². The quantitative estimate of drug-likeness (QED) is 0.431. The Hall–Kier alpha value is -3.28. The van der Waals surface area contributed by atoms with E-state index in [2.05, 4.69) is 73.0 Å². The summed E-state index contributed by atoms with van der Waals surface area (Å²) in [7, 11) is 0. The van der Waals surface area contributed by atoms with Gasteiger partial charge in [0.2, 0.25) is 11.8 Å². The van der Waals surface area contributed by atoms with E-state index in [1.165, 1.54) is 11.1 Å². The highest BCUT2D eigenvalue weighted by Gasteiger charge is 2.04. The number of amides is 2. The van der Waals surface area contributed by atoms with Crippen molar-refractivity contribution in [1.82, 2.24) is 10.9 Å². The third kappa shape index (κ3) is 8.95. The van der Waals surface area contributed by atoms with Gasteiger partial charge in [0.25, 0.3) is 0 Å². The van der Waals surface area contributed by atoms with Gasteiger partial charge in [-0.3, -0.25) is 9.59 Å². The van der Waals surface area contributed by atoms with E-state index in [1.807, 2.05) is 24.3 Å². The largest absolute Gasteiger partial charge is 0.273 e. The van der Waals surface area contributed by atoms with Gasteiger partial charge in [0.15, 0.2) is 0 Å². The number of hydrogen-bond acceptors (Lipinski definition) is 4. The van der Waals surface area contributed by atoms with Gasteiger partial charge in [-0.2, -0.15) is 10.2 Å². The number of hydrazone groups is 2. The molecule has 6 heteroatoms. The van der Waals surface area contributed by atoms with Crippen LogP contribution in [0.15, 0.2) is 58.7 Å². The van der Waals surface area contributed by atoms with E-state index >= 15 is 0 Å². The Morgan fingerprint density at radius 2 is 1.06 bits per heavy atom. The van der Waals surface area contributed by atoms with Crippen molar-refractivity contribution in [1.29, 1.82) is 0 Å². The van der Waals surface area contributed by atoms with Crippen LogP contribution in [0, 0.1) is 0 Å². The summed E-state index contributed by atoms with van der Waals surface area (Å²) in [6.07, 6.45) is 4.08. The van der Waals surface area contributed by atoms with Crippen LogP contribution in [0.1, 0.15) is 81.0 Å². The van der Waals surface area contributed by atoms with Crippen LogP contribution < -0.4 is 10.9 Å². The van der Waals surface area contributed by atoms with Crippen molar-refractivity contribution in [3.8, 4) is 0 Å². The Morgan fingerprint density at radius 3 is 1.39 bits per heavy atom. The normalized spacial score (nSPS) is 11.5. The number of carbonyl (C=O) groups excluding carboxylic acids is 2. The van der Waals surface area contributed by atoms with Gasteiger partial charge in [0.05, 0.1) is 12.4 Å². The Morgan fingerprint density at radius 1 is 0.710 bits per heavy atom. The highest BCUT2D eigenvalue weighted by molar-refractivity contribution is 5.84. The van der Waals surface area contributed by atoms with Crippen molar-refractivity contribution in [2.75, 3.05) is 0 Å². The average molecular weight is 421 g/mol. The summed E-state index contributed by atoms with van der Waals surface area (Å²) in [5.74, 6) is 0.503. The second kappa shape index (κ2) is 12.4. The predicted octanol–water partition coefficient (Wildman–Crippen LogP) is 4.70. The maximum atomic E-state index is 11.8. The summed E-state index contributed by atoms with van der Waals surface area (Å²) in [5, 5.41) is 7.93. The maximum Gasteiger partial charge on any atom is 0.240 e. The lowest BCUT2D eigenvalue weighted by Gasteiger charge is -2.04. The molecule has 2 aromatic carbocycles. The summed E-state index contributed by atoms with van der Waals surface area (Å²) in [6, 6.07) is 16.1. The van der Waals surface area contributed by atoms with Crippen LogP contribution in [-0.4, -0.2) is 24.2 Å². The van der Waals surface area contributed by atoms with E-state index in [0.29, 0.717) is 18.3 Å². The van der Waals surface area contributed by atoms with E-state index in [0.717, 1.165) is 11.1 Å². The van der Waals surface area contributed by atoms with Gasteiger partial charge in [-0.15, -0.1) is 0 Å². The summed E-state index contributed by atoms with van der Waals surface area (Å²) >= 11 is 0. The van der Waals surface area contributed by atoms with E-state index < -0.39 is 0 Å². The van der Waals surface area contributed by atoms with Crippen molar-refractivity contribution in [2.24, 2.45) is 10.2 Å². The van der Waals surface area contributed by atoms with E-state index in [4.69, 9.17) is 0 Å². The molecular weight excluding hydrogens is 388 g/mol. The van der Waals surface area contributed by atoms with E-state index in [-0.39, 0.29) is 24.7 Å². The van der Waals surface area contributed by atoms with Crippen molar-refractivity contribution in [2.45, 2.75) is 58.8 Å². The number of nitrogens with zero attached hydrogens (tertiary/aromatic N) is 2. The number of nitrogens with one attached hydrogen (secondary N) is 2. The molecule has 0 saturated heterocycles. The van der Waals surface area contributed by atoms with Crippen LogP contribution in [0.3, 0.4) is 0 Å². The van der Waals surface area contributed by atoms with Crippen molar-refractivity contribution >= 4 is 24.2 Å².